The summed E-state index contributed by atoms with van der Waals surface area (Å²) in [6.45, 7) is 4.21. The summed E-state index contributed by atoms with van der Waals surface area (Å²) in [6, 6.07) is 0. The molecule has 0 aromatic carbocycles. The van der Waals surface area contributed by atoms with Crippen LogP contribution in [0.1, 0.15) is 41.0 Å². The third-order valence-electron chi connectivity index (χ3n) is 1.57. The number of hydrogen-bond donors (Lipinski definition) is 3. The van der Waals surface area contributed by atoms with Crippen molar-refractivity contribution in [1.82, 2.24) is 3.71 Å². The van der Waals surface area contributed by atoms with Crippen molar-refractivity contribution >= 4 is 36.1 Å². The van der Waals surface area contributed by atoms with E-state index in [0.717, 1.165) is 37.2 Å². The molecule has 6 nitrogen and oxygen atoms in total. The topological polar surface area (TPSA) is 104 Å². The third kappa shape index (κ3) is 23.7. The van der Waals surface area contributed by atoms with E-state index in [1.54, 1.807) is 0 Å². The normalized spacial score (nSPS) is 8.74. The molecule has 0 aliphatic carbocycles. The Labute approximate surface area is 146 Å². The molecule has 0 unspecified atom stereocenters. The molecular formula is C10H23N2NaO4S2. The predicted octanol–water partition coefficient (Wildman–Crippen LogP) is 0.603. The van der Waals surface area contributed by atoms with E-state index in [1.807, 2.05) is 0 Å². The SMILES string of the molecule is CCCCSN(SCCCC)C(=O)O.NC(=O)O.[H-].[Na+]. The number of nitrogens with two attached hydrogens (primary N) is 1. The molecule has 0 saturated carbocycles. The molecule has 0 bridgehead atoms. The Kier molecular flexibility index (Phi) is 23.3. The molecular weight excluding hydrogens is 299 g/mol. The van der Waals surface area contributed by atoms with Crippen LogP contribution in [0.4, 0.5) is 9.59 Å². The molecule has 0 fully saturated rings. The van der Waals surface area contributed by atoms with E-state index in [2.05, 4.69) is 19.6 Å². The monoisotopic (exact) mass is 322 g/mol. The van der Waals surface area contributed by atoms with Crippen molar-refractivity contribution in [3.63, 3.8) is 0 Å². The van der Waals surface area contributed by atoms with Gasteiger partial charge in [-0.1, -0.05) is 26.7 Å². The molecule has 4 N–H and O–H groups in total. The summed E-state index contributed by atoms with van der Waals surface area (Å²) in [7, 11) is 0. The molecule has 0 spiro atoms. The second-order valence-corrected chi connectivity index (χ2v) is 5.55. The van der Waals surface area contributed by atoms with Gasteiger partial charge in [0, 0.05) is 11.5 Å². The Morgan fingerprint density at radius 3 is 1.63 bits per heavy atom. The van der Waals surface area contributed by atoms with Crippen LogP contribution in [0.15, 0.2) is 0 Å². The first-order chi connectivity index (χ1) is 8.45. The number of unbranched alkanes of at least 4 members (excludes halogenated alkanes) is 2. The summed E-state index contributed by atoms with van der Waals surface area (Å²) >= 11 is 2.80. The number of carboxylic acid groups (broad SMARTS) is 2. The van der Waals surface area contributed by atoms with Gasteiger partial charge < -0.3 is 17.4 Å². The van der Waals surface area contributed by atoms with Crippen molar-refractivity contribution in [3.05, 3.63) is 0 Å². The van der Waals surface area contributed by atoms with Crippen molar-refractivity contribution in [2.45, 2.75) is 39.5 Å². The average Bonchev–Trinajstić information content (AvgIpc) is 2.26. The van der Waals surface area contributed by atoms with E-state index in [-0.39, 0.29) is 31.0 Å². The van der Waals surface area contributed by atoms with E-state index in [0.29, 0.717) is 0 Å². The second-order valence-electron chi connectivity index (χ2n) is 3.25. The number of primary amides is 1. The van der Waals surface area contributed by atoms with Crippen molar-refractivity contribution in [3.8, 4) is 0 Å². The number of hydrogen-bond acceptors (Lipinski definition) is 4. The smallest absolute Gasteiger partial charge is 1.00 e. The summed E-state index contributed by atoms with van der Waals surface area (Å²) in [5.41, 5.74) is 4.03. The van der Waals surface area contributed by atoms with Crippen molar-refractivity contribution in [2.75, 3.05) is 11.5 Å². The molecule has 0 heterocycles. The molecule has 0 aromatic rings. The summed E-state index contributed by atoms with van der Waals surface area (Å²) in [4.78, 5) is 19.5. The van der Waals surface area contributed by atoms with E-state index < -0.39 is 12.2 Å². The fraction of sp³-hybridized carbons (Fsp3) is 0.800. The Morgan fingerprint density at radius 1 is 1.11 bits per heavy atom. The summed E-state index contributed by atoms with van der Waals surface area (Å²) < 4.78 is 1.38. The molecule has 2 amide bonds. The van der Waals surface area contributed by atoms with Crippen LogP contribution in [0, 0.1) is 0 Å². The Balaban J connectivity index is -0.000000188. The first-order valence-electron chi connectivity index (χ1n) is 5.72. The Bertz CT molecular complexity index is 227. The van der Waals surface area contributed by atoms with E-state index in [1.165, 1.54) is 27.6 Å². The molecule has 19 heavy (non-hydrogen) atoms. The van der Waals surface area contributed by atoms with Crippen LogP contribution >= 0.6 is 23.9 Å². The zero-order chi connectivity index (χ0) is 14.4. The third-order valence-corrected chi connectivity index (χ3v) is 3.93. The second kappa shape index (κ2) is 18.2. The molecule has 110 valence electrons. The van der Waals surface area contributed by atoms with Gasteiger partial charge in [-0.15, -0.1) is 0 Å². The maximum Gasteiger partial charge on any atom is 1.00 e. The molecule has 0 aliphatic rings. The largest absolute Gasteiger partial charge is 1.00 e. The minimum atomic E-state index is -1.33. The minimum Gasteiger partial charge on any atom is -1.00 e. The standard InChI is InChI=1S/C9H19NO2S2.CH3NO2.Na.H/c1-3-5-7-13-10(9(11)12)14-8-6-4-2;2-1(3)4;;/h3-8H2,1-2H3,(H,11,12);2H2,(H,3,4);;/q;;+1;-1. The van der Waals surface area contributed by atoms with Gasteiger partial charge in [-0.25, -0.2) is 9.59 Å². The van der Waals surface area contributed by atoms with Gasteiger partial charge in [-0.2, -0.15) is 3.71 Å². The van der Waals surface area contributed by atoms with Crippen LogP contribution in [0.25, 0.3) is 0 Å². The van der Waals surface area contributed by atoms with E-state index in [4.69, 9.17) is 15.0 Å². The predicted molar refractivity (Wildman–Crippen MR) is 77.9 cm³/mol. The quantitative estimate of drug-likeness (QED) is 0.343. The van der Waals surface area contributed by atoms with E-state index in [9.17, 15) is 4.79 Å². The molecule has 9 heteroatoms. The first kappa shape index (κ1) is 24.3. The van der Waals surface area contributed by atoms with Crippen LogP contribution in [-0.4, -0.2) is 37.6 Å². The van der Waals surface area contributed by atoms with Gasteiger partial charge in [0.25, 0.3) is 0 Å². The number of carbonyl (C=O) groups is 2. The summed E-state index contributed by atoms with van der Waals surface area (Å²) in [5.74, 6) is 1.78. The van der Waals surface area contributed by atoms with Crippen molar-refractivity contribution < 1.29 is 50.8 Å². The minimum absolute atomic E-state index is 0. The number of amides is 2. The molecule has 0 aromatic heterocycles. The molecule has 0 atom stereocenters. The maximum absolute atomic E-state index is 10.8. The van der Waals surface area contributed by atoms with Crippen molar-refractivity contribution in [2.24, 2.45) is 5.73 Å². The van der Waals surface area contributed by atoms with Gasteiger partial charge in [0.1, 0.15) is 0 Å². The van der Waals surface area contributed by atoms with Gasteiger partial charge in [0.15, 0.2) is 0 Å². The number of nitrogens with zero attached hydrogens (tertiary/aromatic N) is 1. The number of rotatable bonds is 8. The van der Waals surface area contributed by atoms with Crippen molar-refractivity contribution in [1.29, 1.82) is 0 Å². The zero-order valence-corrected chi connectivity index (χ0v) is 15.4. The summed E-state index contributed by atoms with van der Waals surface area (Å²) in [6.07, 6.45) is 2.19. The van der Waals surface area contributed by atoms with Gasteiger partial charge in [0.05, 0.1) is 0 Å². The fourth-order valence-electron chi connectivity index (χ4n) is 0.731. The van der Waals surface area contributed by atoms with E-state index >= 15 is 0 Å². The van der Waals surface area contributed by atoms with Gasteiger partial charge in [-0.3, -0.25) is 0 Å². The first-order valence-corrected chi connectivity index (χ1v) is 7.61. The van der Waals surface area contributed by atoms with Gasteiger partial charge in [-0.05, 0) is 36.7 Å². The molecule has 0 rings (SSSR count). The Hall–Kier alpha value is 0.240. The van der Waals surface area contributed by atoms with Gasteiger partial charge in [0.2, 0.25) is 0 Å². The zero-order valence-electron chi connectivity index (χ0n) is 12.8. The van der Waals surface area contributed by atoms with Crippen LogP contribution in [0.2, 0.25) is 0 Å². The van der Waals surface area contributed by atoms with Crippen LogP contribution in [0.5, 0.6) is 0 Å². The molecule has 0 radical (unpaired) electrons. The average molecular weight is 322 g/mol. The maximum atomic E-state index is 10.8. The molecule has 0 saturated heterocycles. The van der Waals surface area contributed by atoms with Crippen LogP contribution in [-0.2, 0) is 0 Å². The van der Waals surface area contributed by atoms with Gasteiger partial charge >= 0.3 is 41.7 Å². The summed E-state index contributed by atoms with van der Waals surface area (Å²) in [5, 5.41) is 16.1. The van der Waals surface area contributed by atoms with Crippen LogP contribution in [0.3, 0.4) is 0 Å². The Morgan fingerprint density at radius 2 is 1.42 bits per heavy atom. The molecule has 0 aliphatic heterocycles. The fourth-order valence-corrected chi connectivity index (χ4v) is 2.86. The van der Waals surface area contributed by atoms with Crippen LogP contribution < -0.4 is 35.3 Å².